The van der Waals surface area contributed by atoms with Crippen molar-refractivity contribution in [2.24, 2.45) is 5.92 Å². The minimum atomic E-state index is -0.855. The number of nitrogens with one attached hydrogen (secondary N) is 1. The lowest BCUT2D eigenvalue weighted by Gasteiger charge is -2.27. The summed E-state index contributed by atoms with van der Waals surface area (Å²) in [4.78, 5) is 12.7. The Hall–Kier alpha value is -0.280. The molecule has 4 heteroatoms. The van der Waals surface area contributed by atoms with Gasteiger partial charge in [-0.3, -0.25) is 4.79 Å². The third-order valence-corrected chi connectivity index (χ3v) is 2.49. The van der Waals surface area contributed by atoms with Crippen LogP contribution in [0.5, 0.6) is 0 Å². The maximum atomic E-state index is 10.5. The molecule has 11 heavy (non-hydrogen) atoms. The molecular formula is C7H12ClNO2. The lowest BCUT2D eigenvalue weighted by Crippen LogP contribution is -2.34. The van der Waals surface area contributed by atoms with Gasteiger partial charge in [0.05, 0.1) is 0 Å². The van der Waals surface area contributed by atoms with Crippen molar-refractivity contribution in [2.45, 2.75) is 31.7 Å². The largest absolute Gasteiger partial charge is 0.480 e. The fourth-order valence-electron chi connectivity index (χ4n) is 1.25. The van der Waals surface area contributed by atoms with E-state index in [4.69, 9.17) is 16.9 Å². The van der Waals surface area contributed by atoms with E-state index in [9.17, 15) is 4.79 Å². The van der Waals surface area contributed by atoms with Gasteiger partial charge in [-0.1, -0.05) is 19.3 Å². The van der Waals surface area contributed by atoms with Gasteiger partial charge in [0.15, 0.2) is 0 Å². The standard InChI is InChI=1S/C7H12ClNO2/c8-9-6(7(10)11)4-5-2-1-3-5/h5-6,9H,1-4H2,(H,10,11)/t6-/m0/s1. The monoisotopic (exact) mass is 177 g/mol. The van der Waals surface area contributed by atoms with Gasteiger partial charge < -0.3 is 5.11 Å². The summed E-state index contributed by atoms with van der Waals surface area (Å²) in [6, 6.07) is -0.568. The zero-order chi connectivity index (χ0) is 8.27. The molecule has 0 amide bonds. The molecule has 0 aromatic heterocycles. The van der Waals surface area contributed by atoms with Crippen molar-refractivity contribution in [3.05, 3.63) is 0 Å². The van der Waals surface area contributed by atoms with E-state index in [1.54, 1.807) is 0 Å². The Morgan fingerprint density at radius 2 is 2.36 bits per heavy atom. The first kappa shape index (κ1) is 8.81. The Morgan fingerprint density at radius 1 is 1.73 bits per heavy atom. The van der Waals surface area contributed by atoms with Crippen molar-refractivity contribution < 1.29 is 9.90 Å². The van der Waals surface area contributed by atoms with Gasteiger partial charge in [0.25, 0.3) is 0 Å². The molecule has 0 unspecified atom stereocenters. The smallest absolute Gasteiger partial charge is 0.321 e. The lowest BCUT2D eigenvalue weighted by atomic mass is 9.81. The van der Waals surface area contributed by atoms with Crippen LogP contribution < -0.4 is 4.84 Å². The van der Waals surface area contributed by atoms with Gasteiger partial charge in [0.1, 0.15) is 6.04 Å². The first-order valence-corrected chi connectivity index (χ1v) is 4.21. The third-order valence-electron chi connectivity index (χ3n) is 2.22. The van der Waals surface area contributed by atoms with Crippen LogP contribution in [-0.4, -0.2) is 17.1 Å². The van der Waals surface area contributed by atoms with Crippen LogP contribution in [0.3, 0.4) is 0 Å². The molecule has 0 radical (unpaired) electrons. The molecule has 1 aliphatic rings. The summed E-state index contributed by atoms with van der Waals surface area (Å²) in [6.07, 6.45) is 4.21. The highest BCUT2D eigenvalue weighted by atomic mass is 35.5. The van der Waals surface area contributed by atoms with Gasteiger partial charge >= 0.3 is 5.97 Å². The second-order valence-corrected chi connectivity index (χ2v) is 3.25. The van der Waals surface area contributed by atoms with E-state index in [0.29, 0.717) is 12.3 Å². The zero-order valence-corrected chi connectivity index (χ0v) is 6.97. The number of carboxylic acids is 1. The SMILES string of the molecule is O=C(O)[C@H](CC1CCC1)NCl. The fraction of sp³-hybridized carbons (Fsp3) is 0.857. The van der Waals surface area contributed by atoms with Gasteiger partial charge in [-0.05, 0) is 24.1 Å². The predicted octanol–water partition coefficient (Wildman–Crippen LogP) is 1.37. The van der Waals surface area contributed by atoms with Crippen molar-refractivity contribution in [3.8, 4) is 0 Å². The Labute approximate surface area is 70.8 Å². The van der Waals surface area contributed by atoms with Crippen molar-refractivity contribution >= 4 is 17.7 Å². The average Bonchev–Trinajstić information content (AvgIpc) is 1.85. The molecule has 0 aromatic rings. The van der Waals surface area contributed by atoms with Gasteiger partial charge in [-0.25, -0.2) is 4.84 Å². The van der Waals surface area contributed by atoms with Crippen LogP contribution in [0.1, 0.15) is 25.7 Å². The summed E-state index contributed by atoms with van der Waals surface area (Å²) in [7, 11) is 0. The minimum Gasteiger partial charge on any atom is -0.480 e. The van der Waals surface area contributed by atoms with Crippen molar-refractivity contribution in [1.82, 2.24) is 4.84 Å². The first-order valence-electron chi connectivity index (χ1n) is 3.83. The molecule has 0 bridgehead atoms. The van der Waals surface area contributed by atoms with Gasteiger partial charge in [0.2, 0.25) is 0 Å². The molecule has 64 valence electrons. The van der Waals surface area contributed by atoms with Crippen LogP contribution in [-0.2, 0) is 4.79 Å². The van der Waals surface area contributed by atoms with Crippen LogP contribution in [0.2, 0.25) is 0 Å². The van der Waals surface area contributed by atoms with Gasteiger partial charge in [0, 0.05) is 0 Å². The first-order chi connectivity index (χ1) is 5.24. The van der Waals surface area contributed by atoms with Crippen LogP contribution in [0, 0.1) is 5.92 Å². The molecule has 0 spiro atoms. The molecule has 0 aliphatic heterocycles. The minimum absolute atomic E-state index is 0.568. The fourth-order valence-corrected chi connectivity index (χ4v) is 1.44. The maximum Gasteiger partial charge on any atom is 0.321 e. The van der Waals surface area contributed by atoms with E-state index < -0.39 is 12.0 Å². The third kappa shape index (κ3) is 2.34. The second kappa shape index (κ2) is 3.93. The van der Waals surface area contributed by atoms with Crippen LogP contribution in [0.4, 0.5) is 0 Å². The van der Waals surface area contributed by atoms with E-state index >= 15 is 0 Å². The topological polar surface area (TPSA) is 49.3 Å². The van der Waals surface area contributed by atoms with E-state index in [1.807, 2.05) is 0 Å². The molecule has 2 N–H and O–H groups in total. The predicted molar refractivity (Wildman–Crippen MR) is 42.4 cm³/mol. The van der Waals surface area contributed by atoms with Crippen LogP contribution in [0.15, 0.2) is 0 Å². The Bertz CT molecular complexity index is 147. The van der Waals surface area contributed by atoms with Crippen LogP contribution >= 0.6 is 11.8 Å². The molecule has 1 rings (SSSR count). The summed E-state index contributed by atoms with van der Waals surface area (Å²) < 4.78 is 0. The van der Waals surface area contributed by atoms with Gasteiger partial charge in [-0.2, -0.15) is 0 Å². The van der Waals surface area contributed by atoms with Gasteiger partial charge in [-0.15, -0.1) is 0 Å². The lowest BCUT2D eigenvalue weighted by molar-refractivity contribution is -0.139. The van der Waals surface area contributed by atoms with Crippen molar-refractivity contribution in [2.75, 3.05) is 0 Å². The number of aliphatic carboxylic acids is 1. The number of hydrogen-bond acceptors (Lipinski definition) is 2. The maximum absolute atomic E-state index is 10.5. The molecule has 0 aromatic carbocycles. The number of carboxylic acid groups (broad SMARTS) is 1. The van der Waals surface area contributed by atoms with E-state index in [2.05, 4.69) is 4.84 Å². The molecule has 1 fully saturated rings. The molecular weight excluding hydrogens is 166 g/mol. The highest BCUT2D eigenvalue weighted by Gasteiger charge is 2.25. The summed E-state index contributed by atoms with van der Waals surface area (Å²) in [6.45, 7) is 0. The zero-order valence-electron chi connectivity index (χ0n) is 6.22. The van der Waals surface area contributed by atoms with E-state index in [-0.39, 0.29) is 0 Å². The quantitative estimate of drug-likeness (QED) is 0.638. The highest BCUT2D eigenvalue weighted by Crippen LogP contribution is 2.30. The normalized spacial score (nSPS) is 20.8. The van der Waals surface area contributed by atoms with Crippen molar-refractivity contribution in [3.63, 3.8) is 0 Å². The molecule has 0 saturated heterocycles. The second-order valence-electron chi connectivity index (χ2n) is 3.03. The molecule has 1 atom stereocenters. The number of rotatable bonds is 4. The number of halogens is 1. The molecule has 3 nitrogen and oxygen atoms in total. The molecule has 1 saturated carbocycles. The molecule has 1 aliphatic carbocycles. The van der Waals surface area contributed by atoms with Crippen LogP contribution in [0.25, 0.3) is 0 Å². The molecule has 0 heterocycles. The Balaban J connectivity index is 2.24. The average molecular weight is 178 g/mol. The van der Waals surface area contributed by atoms with E-state index in [1.165, 1.54) is 6.42 Å². The summed E-state index contributed by atoms with van der Waals surface area (Å²) in [5.41, 5.74) is 0. The summed E-state index contributed by atoms with van der Waals surface area (Å²) in [5.74, 6) is -0.283. The van der Waals surface area contributed by atoms with E-state index in [0.717, 1.165) is 12.8 Å². The number of hydrogen-bond donors (Lipinski definition) is 2. The highest BCUT2D eigenvalue weighted by molar-refractivity contribution is 6.14. The Morgan fingerprint density at radius 3 is 2.64 bits per heavy atom. The number of carbonyl (C=O) groups is 1. The summed E-state index contributed by atoms with van der Waals surface area (Å²) >= 11 is 5.26. The van der Waals surface area contributed by atoms with Crippen molar-refractivity contribution in [1.29, 1.82) is 0 Å². The Kier molecular flexibility index (Phi) is 3.15. The summed E-state index contributed by atoms with van der Waals surface area (Å²) in [5, 5.41) is 8.59.